The first-order chi connectivity index (χ1) is 8.67. The van der Waals surface area contributed by atoms with Crippen molar-refractivity contribution in [2.24, 2.45) is 5.41 Å². The Balaban J connectivity index is 2.85. The monoisotopic (exact) mass is 304 g/mol. The standard InChI is InChI=1S/C13H24N2O2S2/c1-10-9-18-11(8-14-5)12(10)19(16,17)15-7-6-13(2,3)4/h9,14-15H,6-8H2,1-5H3. The summed E-state index contributed by atoms with van der Waals surface area (Å²) in [4.78, 5) is 1.31. The van der Waals surface area contributed by atoms with E-state index in [0.717, 1.165) is 16.9 Å². The highest BCUT2D eigenvalue weighted by Gasteiger charge is 2.23. The van der Waals surface area contributed by atoms with Crippen LogP contribution in [0.5, 0.6) is 0 Å². The van der Waals surface area contributed by atoms with E-state index in [1.54, 1.807) is 0 Å². The van der Waals surface area contributed by atoms with Crippen molar-refractivity contribution in [3.8, 4) is 0 Å². The summed E-state index contributed by atoms with van der Waals surface area (Å²) in [6.07, 6.45) is 0.816. The second kappa shape index (κ2) is 6.35. The van der Waals surface area contributed by atoms with Gasteiger partial charge in [-0.25, -0.2) is 13.1 Å². The Labute approximate surface area is 120 Å². The van der Waals surface area contributed by atoms with Gasteiger partial charge >= 0.3 is 0 Å². The molecule has 0 aliphatic rings. The molecule has 0 saturated heterocycles. The summed E-state index contributed by atoms with van der Waals surface area (Å²) < 4.78 is 27.4. The zero-order valence-electron chi connectivity index (χ0n) is 12.3. The van der Waals surface area contributed by atoms with E-state index in [1.807, 2.05) is 19.4 Å². The molecule has 1 aromatic heterocycles. The molecule has 0 aliphatic heterocycles. The molecule has 6 heteroatoms. The Morgan fingerprint density at radius 3 is 2.47 bits per heavy atom. The summed E-state index contributed by atoms with van der Waals surface area (Å²) in [7, 11) is -1.58. The van der Waals surface area contributed by atoms with E-state index >= 15 is 0 Å². The molecule has 0 atom stereocenters. The SMILES string of the molecule is CNCc1scc(C)c1S(=O)(=O)NCCC(C)(C)C. The third kappa shape index (κ3) is 4.87. The van der Waals surface area contributed by atoms with Gasteiger partial charge < -0.3 is 5.32 Å². The van der Waals surface area contributed by atoms with Crippen LogP contribution in [0, 0.1) is 12.3 Å². The van der Waals surface area contributed by atoms with Crippen molar-refractivity contribution in [1.82, 2.24) is 10.0 Å². The number of rotatable bonds is 6. The average molecular weight is 304 g/mol. The minimum atomic E-state index is -3.40. The molecule has 0 radical (unpaired) electrons. The lowest BCUT2D eigenvalue weighted by Crippen LogP contribution is -2.28. The van der Waals surface area contributed by atoms with Crippen LogP contribution in [0.15, 0.2) is 10.3 Å². The topological polar surface area (TPSA) is 58.2 Å². The van der Waals surface area contributed by atoms with Crippen LogP contribution in [0.4, 0.5) is 0 Å². The number of thiophene rings is 1. The summed E-state index contributed by atoms with van der Waals surface area (Å²) in [5, 5.41) is 4.90. The molecular formula is C13H24N2O2S2. The van der Waals surface area contributed by atoms with E-state index in [1.165, 1.54) is 11.3 Å². The molecule has 1 heterocycles. The molecule has 19 heavy (non-hydrogen) atoms. The Hall–Kier alpha value is -0.430. The molecule has 2 N–H and O–H groups in total. The zero-order valence-corrected chi connectivity index (χ0v) is 14.0. The van der Waals surface area contributed by atoms with Gasteiger partial charge in [0, 0.05) is 18.0 Å². The van der Waals surface area contributed by atoms with Gasteiger partial charge in [0.2, 0.25) is 10.0 Å². The summed E-state index contributed by atoms with van der Waals surface area (Å²) >= 11 is 1.48. The molecule has 1 aromatic rings. The fourth-order valence-electron chi connectivity index (χ4n) is 1.76. The number of sulfonamides is 1. The Morgan fingerprint density at radius 2 is 1.95 bits per heavy atom. The first-order valence-electron chi connectivity index (χ1n) is 6.38. The lowest BCUT2D eigenvalue weighted by molar-refractivity contribution is 0.378. The second-order valence-electron chi connectivity index (χ2n) is 5.91. The summed E-state index contributed by atoms with van der Waals surface area (Å²) in [5.41, 5.74) is 0.943. The van der Waals surface area contributed by atoms with E-state index in [2.05, 4.69) is 30.8 Å². The van der Waals surface area contributed by atoms with Crippen LogP contribution >= 0.6 is 11.3 Å². The molecule has 0 aromatic carbocycles. The minimum Gasteiger partial charge on any atom is -0.315 e. The molecule has 0 fully saturated rings. The van der Waals surface area contributed by atoms with Gasteiger partial charge in [-0.15, -0.1) is 11.3 Å². The normalized spacial score (nSPS) is 12.9. The lowest BCUT2D eigenvalue weighted by atomic mass is 9.93. The maximum absolute atomic E-state index is 12.4. The smallest absolute Gasteiger partial charge is 0.241 e. The molecule has 0 amide bonds. The zero-order chi connectivity index (χ0) is 14.7. The number of hydrogen-bond donors (Lipinski definition) is 2. The van der Waals surface area contributed by atoms with Gasteiger partial charge in [0.15, 0.2) is 0 Å². The van der Waals surface area contributed by atoms with Gasteiger partial charge in [0.25, 0.3) is 0 Å². The Bertz CT molecular complexity index is 513. The van der Waals surface area contributed by atoms with E-state index < -0.39 is 10.0 Å². The molecule has 1 rings (SSSR count). The fourth-order valence-corrected chi connectivity index (χ4v) is 4.61. The number of aryl methyl sites for hydroxylation is 1. The summed E-state index contributed by atoms with van der Waals surface area (Å²) in [6.45, 7) is 9.19. The van der Waals surface area contributed by atoms with Crippen LogP contribution in [-0.4, -0.2) is 22.0 Å². The van der Waals surface area contributed by atoms with Crippen molar-refractivity contribution in [2.75, 3.05) is 13.6 Å². The molecule has 0 unspecified atom stereocenters. The molecule has 110 valence electrons. The highest BCUT2D eigenvalue weighted by atomic mass is 32.2. The maximum atomic E-state index is 12.4. The van der Waals surface area contributed by atoms with Gasteiger partial charge in [-0.3, -0.25) is 0 Å². The van der Waals surface area contributed by atoms with E-state index in [4.69, 9.17) is 0 Å². The van der Waals surface area contributed by atoms with Crippen LogP contribution in [0.25, 0.3) is 0 Å². The molecule has 0 saturated carbocycles. The van der Waals surface area contributed by atoms with Crippen molar-refractivity contribution in [3.63, 3.8) is 0 Å². The first kappa shape index (κ1) is 16.6. The minimum absolute atomic E-state index is 0.125. The van der Waals surface area contributed by atoms with Crippen LogP contribution in [0.1, 0.15) is 37.6 Å². The first-order valence-corrected chi connectivity index (χ1v) is 8.75. The third-order valence-corrected chi connectivity index (χ3v) is 5.69. The van der Waals surface area contributed by atoms with Crippen LogP contribution in [-0.2, 0) is 16.6 Å². The van der Waals surface area contributed by atoms with Crippen molar-refractivity contribution in [1.29, 1.82) is 0 Å². The Kier molecular flexibility index (Phi) is 5.55. The van der Waals surface area contributed by atoms with E-state index in [9.17, 15) is 8.42 Å². The largest absolute Gasteiger partial charge is 0.315 e. The van der Waals surface area contributed by atoms with Gasteiger partial charge in [-0.05, 0) is 36.8 Å². The third-order valence-electron chi connectivity index (χ3n) is 2.76. The van der Waals surface area contributed by atoms with Gasteiger partial charge in [0.1, 0.15) is 4.90 Å². The van der Waals surface area contributed by atoms with E-state index in [0.29, 0.717) is 18.0 Å². The molecule has 4 nitrogen and oxygen atoms in total. The van der Waals surface area contributed by atoms with Crippen LogP contribution in [0.3, 0.4) is 0 Å². The quantitative estimate of drug-likeness (QED) is 0.849. The fraction of sp³-hybridized carbons (Fsp3) is 0.692. The van der Waals surface area contributed by atoms with Crippen molar-refractivity contribution in [2.45, 2.75) is 45.6 Å². The highest BCUT2D eigenvalue weighted by Crippen LogP contribution is 2.27. The predicted octanol–water partition coefficient (Wildman–Crippen LogP) is 2.49. The van der Waals surface area contributed by atoms with Gasteiger partial charge in [-0.2, -0.15) is 0 Å². The van der Waals surface area contributed by atoms with Crippen molar-refractivity contribution >= 4 is 21.4 Å². The number of nitrogens with one attached hydrogen (secondary N) is 2. The maximum Gasteiger partial charge on any atom is 0.241 e. The summed E-state index contributed by atoms with van der Waals surface area (Å²) in [5.74, 6) is 0. The predicted molar refractivity (Wildman–Crippen MR) is 81.1 cm³/mol. The lowest BCUT2D eigenvalue weighted by Gasteiger charge is -2.18. The molecule has 0 bridgehead atoms. The van der Waals surface area contributed by atoms with E-state index in [-0.39, 0.29) is 5.41 Å². The summed E-state index contributed by atoms with van der Waals surface area (Å²) in [6, 6.07) is 0. The van der Waals surface area contributed by atoms with Gasteiger partial charge in [-0.1, -0.05) is 20.8 Å². The van der Waals surface area contributed by atoms with Crippen LogP contribution < -0.4 is 10.0 Å². The second-order valence-corrected chi connectivity index (χ2v) is 8.58. The molecular weight excluding hydrogens is 280 g/mol. The average Bonchev–Trinajstić information content (AvgIpc) is 2.58. The van der Waals surface area contributed by atoms with Crippen LogP contribution in [0.2, 0.25) is 0 Å². The Morgan fingerprint density at radius 1 is 1.32 bits per heavy atom. The number of hydrogen-bond acceptors (Lipinski definition) is 4. The van der Waals surface area contributed by atoms with Crippen molar-refractivity contribution < 1.29 is 8.42 Å². The highest BCUT2D eigenvalue weighted by molar-refractivity contribution is 7.89. The molecule has 0 spiro atoms. The molecule has 0 aliphatic carbocycles. The van der Waals surface area contributed by atoms with Crippen molar-refractivity contribution in [3.05, 3.63) is 15.8 Å². The van der Waals surface area contributed by atoms with Gasteiger partial charge in [0.05, 0.1) is 0 Å².